The number of hydrogen-bond acceptors (Lipinski definition) is 3. The number of aliphatic hydroxyl groups is 1. The molecule has 1 saturated heterocycles. The van der Waals surface area contributed by atoms with Crippen LogP contribution in [0.25, 0.3) is 0 Å². The first-order valence-corrected chi connectivity index (χ1v) is 8.24. The summed E-state index contributed by atoms with van der Waals surface area (Å²) < 4.78 is 0. The van der Waals surface area contributed by atoms with E-state index in [1.54, 1.807) is 0 Å². The average Bonchev–Trinajstić information content (AvgIpc) is 2.50. The maximum absolute atomic E-state index is 12.0. The van der Waals surface area contributed by atoms with Crippen LogP contribution < -0.4 is 10.6 Å². The van der Waals surface area contributed by atoms with Crippen molar-refractivity contribution in [3.63, 3.8) is 0 Å². The number of carbonyl (C=O) groups is 1. The van der Waals surface area contributed by atoms with Crippen LogP contribution in [0, 0.1) is 11.3 Å². The molecule has 0 aromatic heterocycles. The Bertz CT molecular complexity index is 272. The smallest absolute Gasteiger partial charge is 0.220 e. The summed E-state index contributed by atoms with van der Waals surface area (Å²) >= 11 is 0. The van der Waals surface area contributed by atoms with E-state index in [-0.39, 0.29) is 17.9 Å². The Kier molecular flexibility index (Phi) is 8.15. The zero-order valence-corrected chi connectivity index (χ0v) is 13.2. The molecule has 0 saturated carbocycles. The predicted molar refractivity (Wildman–Crippen MR) is 82.6 cm³/mol. The fourth-order valence-electron chi connectivity index (χ4n) is 3.06. The Labute approximate surface area is 123 Å². The van der Waals surface area contributed by atoms with Crippen molar-refractivity contribution in [3.05, 3.63) is 0 Å². The maximum atomic E-state index is 12.0. The number of hydrogen-bond donors (Lipinski definition) is 3. The maximum Gasteiger partial charge on any atom is 0.220 e. The molecule has 118 valence electrons. The van der Waals surface area contributed by atoms with E-state index in [1.807, 2.05) is 0 Å². The van der Waals surface area contributed by atoms with Crippen molar-refractivity contribution in [1.29, 1.82) is 0 Å². The summed E-state index contributed by atoms with van der Waals surface area (Å²) in [6, 6.07) is 0. The van der Waals surface area contributed by atoms with Crippen LogP contribution in [0.4, 0.5) is 0 Å². The number of nitrogens with one attached hydrogen (secondary N) is 2. The Morgan fingerprint density at radius 3 is 2.50 bits per heavy atom. The van der Waals surface area contributed by atoms with Gasteiger partial charge in [0.2, 0.25) is 5.91 Å². The van der Waals surface area contributed by atoms with Crippen molar-refractivity contribution >= 4 is 5.91 Å². The Morgan fingerprint density at radius 2 is 1.95 bits per heavy atom. The molecular formula is C16H32N2O2. The molecule has 4 nitrogen and oxygen atoms in total. The van der Waals surface area contributed by atoms with Crippen molar-refractivity contribution in [1.82, 2.24) is 10.6 Å². The predicted octanol–water partition coefficient (Wildman–Crippen LogP) is 2.07. The van der Waals surface area contributed by atoms with Gasteiger partial charge in [0.15, 0.2) is 0 Å². The molecule has 0 atom stereocenters. The largest absolute Gasteiger partial charge is 0.396 e. The van der Waals surface area contributed by atoms with Gasteiger partial charge in [0.05, 0.1) is 0 Å². The van der Waals surface area contributed by atoms with E-state index in [4.69, 9.17) is 0 Å². The van der Waals surface area contributed by atoms with Crippen molar-refractivity contribution in [2.45, 2.75) is 58.8 Å². The first kappa shape index (κ1) is 17.4. The summed E-state index contributed by atoms with van der Waals surface area (Å²) in [4.78, 5) is 12.0. The summed E-state index contributed by atoms with van der Waals surface area (Å²) in [5.74, 6) is 0.884. The lowest BCUT2D eigenvalue weighted by atomic mass is 9.79. The molecule has 3 N–H and O–H groups in total. The Hall–Kier alpha value is -0.610. The van der Waals surface area contributed by atoms with Gasteiger partial charge in [-0.1, -0.05) is 13.8 Å². The number of aliphatic hydroxyl groups excluding tert-OH is 1. The first-order chi connectivity index (χ1) is 9.65. The molecule has 1 rings (SSSR count). The van der Waals surface area contributed by atoms with Crippen LogP contribution in [0.15, 0.2) is 0 Å². The summed E-state index contributed by atoms with van der Waals surface area (Å²) in [6.45, 7) is 7.37. The van der Waals surface area contributed by atoms with Crippen LogP contribution in [0.1, 0.15) is 58.8 Å². The lowest BCUT2D eigenvalue weighted by Gasteiger charge is -2.31. The zero-order chi connectivity index (χ0) is 14.8. The molecule has 1 fully saturated rings. The SMILES string of the molecule is CCC(CC)(CCO)CNC(=O)CCC1CCNCC1. The Balaban J connectivity index is 2.26. The van der Waals surface area contributed by atoms with Crippen LogP contribution in [0.2, 0.25) is 0 Å². The normalized spacial score (nSPS) is 17.1. The van der Waals surface area contributed by atoms with Gasteiger partial charge in [0.1, 0.15) is 0 Å². The van der Waals surface area contributed by atoms with E-state index in [0.29, 0.717) is 18.9 Å². The van der Waals surface area contributed by atoms with Crippen LogP contribution >= 0.6 is 0 Å². The lowest BCUT2D eigenvalue weighted by molar-refractivity contribution is -0.122. The third-order valence-electron chi connectivity index (χ3n) is 5.04. The quantitative estimate of drug-likeness (QED) is 0.607. The second-order valence-corrected chi connectivity index (χ2v) is 6.19. The minimum Gasteiger partial charge on any atom is -0.396 e. The van der Waals surface area contributed by atoms with Crippen LogP contribution in [-0.2, 0) is 4.79 Å². The molecule has 0 aromatic rings. The minimum atomic E-state index is 0.0686. The number of rotatable bonds is 9. The minimum absolute atomic E-state index is 0.0686. The number of piperidine rings is 1. The second kappa shape index (κ2) is 9.35. The highest BCUT2D eigenvalue weighted by Gasteiger charge is 2.26. The van der Waals surface area contributed by atoms with Crippen molar-refractivity contribution in [2.75, 3.05) is 26.2 Å². The molecule has 20 heavy (non-hydrogen) atoms. The number of carbonyl (C=O) groups excluding carboxylic acids is 1. The van der Waals surface area contributed by atoms with Gasteiger partial charge in [-0.05, 0) is 62.9 Å². The topological polar surface area (TPSA) is 61.4 Å². The van der Waals surface area contributed by atoms with E-state index in [2.05, 4.69) is 24.5 Å². The molecule has 0 unspecified atom stereocenters. The molecule has 1 heterocycles. The summed E-state index contributed by atoms with van der Waals surface area (Å²) in [5, 5.41) is 15.6. The monoisotopic (exact) mass is 284 g/mol. The molecule has 0 aliphatic carbocycles. The first-order valence-electron chi connectivity index (χ1n) is 8.24. The van der Waals surface area contributed by atoms with E-state index < -0.39 is 0 Å². The lowest BCUT2D eigenvalue weighted by Crippen LogP contribution is -2.38. The van der Waals surface area contributed by atoms with Crippen LogP contribution in [0.3, 0.4) is 0 Å². The third kappa shape index (κ3) is 5.80. The van der Waals surface area contributed by atoms with Gasteiger partial charge < -0.3 is 15.7 Å². The average molecular weight is 284 g/mol. The molecule has 0 bridgehead atoms. The van der Waals surface area contributed by atoms with Crippen molar-refractivity contribution < 1.29 is 9.90 Å². The van der Waals surface area contributed by atoms with E-state index >= 15 is 0 Å². The van der Waals surface area contributed by atoms with E-state index in [1.165, 1.54) is 12.8 Å². The Morgan fingerprint density at radius 1 is 1.30 bits per heavy atom. The molecule has 1 amide bonds. The van der Waals surface area contributed by atoms with Gasteiger partial charge in [-0.3, -0.25) is 4.79 Å². The van der Waals surface area contributed by atoms with Gasteiger partial charge in [0.25, 0.3) is 0 Å². The van der Waals surface area contributed by atoms with E-state index in [0.717, 1.165) is 38.8 Å². The molecule has 0 spiro atoms. The van der Waals surface area contributed by atoms with Crippen molar-refractivity contribution in [2.24, 2.45) is 11.3 Å². The second-order valence-electron chi connectivity index (χ2n) is 6.19. The van der Waals surface area contributed by atoms with Crippen molar-refractivity contribution in [3.8, 4) is 0 Å². The summed E-state index contributed by atoms with van der Waals surface area (Å²) in [7, 11) is 0. The molecule has 1 aliphatic rings. The van der Waals surface area contributed by atoms with E-state index in [9.17, 15) is 9.90 Å². The molecule has 1 aliphatic heterocycles. The number of amides is 1. The fourth-order valence-corrected chi connectivity index (χ4v) is 3.06. The highest BCUT2D eigenvalue weighted by Crippen LogP contribution is 2.29. The third-order valence-corrected chi connectivity index (χ3v) is 5.04. The van der Waals surface area contributed by atoms with Gasteiger partial charge in [0, 0.05) is 19.6 Å². The fraction of sp³-hybridized carbons (Fsp3) is 0.938. The van der Waals surface area contributed by atoms with Crippen LogP contribution in [0.5, 0.6) is 0 Å². The molecule has 4 heteroatoms. The van der Waals surface area contributed by atoms with Gasteiger partial charge in [-0.2, -0.15) is 0 Å². The van der Waals surface area contributed by atoms with Gasteiger partial charge in [-0.25, -0.2) is 0 Å². The molecule has 0 aromatic carbocycles. The molecule has 0 radical (unpaired) electrons. The van der Waals surface area contributed by atoms with Gasteiger partial charge >= 0.3 is 0 Å². The highest BCUT2D eigenvalue weighted by atomic mass is 16.3. The van der Waals surface area contributed by atoms with Gasteiger partial charge in [-0.15, -0.1) is 0 Å². The standard InChI is InChI=1S/C16H32N2O2/c1-3-16(4-2,9-12-19)13-18-15(20)6-5-14-7-10-17-11-8-14/h14,17,19H,3-13H2,1-2H3,(H,18,20). The molecular weight excluding hydrogens is 252 g/mol. The summed E-state index contributed by atoms with van der Waals surface area (Å²) in [5.41, 5.74) is 0.0686. The zero-order valence-electron chi connectivity index (χ0n) is 13.2. The summed E-state index contributed by atoms with van der Waals surface area (Å²) in [6.07, 6.45) is 6.83. The highest BCUT2D eigenvalue weighted by molar-refractivity contribution is 5.75. The van der Waals surface area contributed by atoms with Crippen LogP contribution in [-0.4, -0.2) is 37.3 Å².